The van der Waals surface area contributed by atoms with E-state index in [1.54, 1.807) is 4.90 Å². The first-order valence-electron chi connectivity index (χ1n) is 8.73. The van der Waals surface area contributed by atoms with Gasteiger partial charge < -0.3 is 14.4 Å². The fraction of sp³-hybridized carbons (Fsp3) is 0.579. The Labute approximate surface area is 143 Å². The lowest BCUT2D eigenvalue weighted by Gasteiger charge is -2.18. The first-order valence-corrected chi connectivity index (χ1v) is 8.73. The third kappa shape index (κ3) is 4.73. The maximum Gasteiger partial charge on any atom is 0.409 e. The summed E-state index contributed by atoms with van der Waals surface area (Å²) in [5.74, 6) is -0.152. The predicted octanol–water partition coefficient (Wildman–Crippen LogP) is 3.05. The summed E-state index contributed by atoms with van der Waals surface area (Å²) in [7, 11) is 0. The molecule has 5 nitrogen and oxygen atoms in total. The molecule has 1 aromatic carbocycles. The van der Waals surface area contributed by atoms with Gasteiger partial charge in [-0.05, 0) is 62.3 Å². The molecule has 0 unspecified atom stereocenters. The second-order valence-electron chi connectivity index (χ2n) is 6.04. The smallest absolute Gasteiger partial charge is 0.409 e. The second-order valence-corrected chi connectivity index (χ2v) is 6.04. The van der Waals surface area contributed by atoms with Crippen LogP contribution in [-0.2, 0) is 33.5 Å². The SMILES string of the molecule is CCOC(=O)CCc1cc2c(cc1C)CCN(C(=O)OCC)CC2. The molecule has 1 aromatic rings. The van der Waals surface area contributed by atoms with Crippen molar-refractivity contribution in [2.75, 3.05) is 26.3 Å². The Morgan fingerprint density at radius 3 is 2.29 bits per heavy atom. The summed E-state index contributed by atoms with van der Waals surface area (Å²) in [6.45, 7) is 7.91. The second kappa shape index (κ2) is 8.71. The number of fused-ring (bicyclic) bond motifs is 1. The number of carbonyl (C=O) groups is 2. The number of esters is 1. The van der Waals surface area contributed by atoms with Crippen LogP contribution < -0.4 is 0 Å². The van der Waals surface area contributed by atoms with Crippen molar-refractivity contribution < 1.29 is 19.1 Å². The largest absolute Gasteiger partial charge is 0.466 e. The first kappa shape index (κ1) is 18.3. The summed E-state index contributed by atoms with van der Waals surface area (Å²) in [5.41, 5.74) is 4.94. The van der Waals surface area contributed by atoms with Gasteiger partial charge in [0.25, 0.3) is 0 Å². The molecule has 0 saturated heterocycles. The van der Waals surface area contributed by atoms with E-state index >= 15 is 0 Å². The van der Waals surface area contributed by atoms with Gasteiger partial charge in [-0.25, -0.2) is 4.79 Å². The van der Waals surface area contributed by atoms with Crippen LogP contribution in [0.4, 0.5) is 4.79 Å². The van der Waals surface area contributed by atoms with Gasteiger partial charge in [-0.2, -0.15) is 0 Å². The van der Waals surface area contributed by atoms with Crippen LogP contribution in [0.15, 0.2) is 12.1 Å². The normalized spacial score (nSPS) is 13.9. The molecule has 1 amide bonds. The van der Waals surface area contributed by atoms with Crippen molar-refractivity contribution in [3.8, 4) is 0 Å². The molecule has 132 valence electrons. The highest BCUT2D eigenvalue weighted by Gasteiger charge is 2.20. The fourth-order valence-corrected chi connectivity index (χ4v) is 3.09. The molecule has 0 spiro atoms. The van der Waals surface area contributed by atoms with E-state index in [1.165, 1.54) is 22.3 Å². The quantitative estimate of drug-likeness (QED) is 0.777. The first-order chi connectivity index (χ1) is 11.5. The van der Waals surface area contributed by atoms with Gasteiger partial charge in [-0.1, -0.05) is 12.1 Å². The number of benzene rings is 1. The van der Waals surface area contributed by atoms with Crippen LogP contribution in [0.25, 0.3) is 0 Å². The van der Waals surface area contributed by atoms with Gasteiger partial charge in [0.1, 0.15) is 0 Å². The van der Waals surface area contributed by atoms with Crippen molar-refractivity contribution >= 4 is 12.1 Å². The Bertz CT molecular complexity index is 597. The van der Waals surface area contributed by atoms with Crippen LogP contribution in [0.3, 0.4) is 0 Å². The molecule has 24 heavy (non-hydrogen) atoms. The lowest BCUT2D eigenvalue weighted by atomic mass is 9.94. The van der Waals surface area contributed by atoms with E-state index in [2.05, 4.69) is 19.1 Å². The van der Waals surface area contributed by atoms with Gasteiger partial charge in [0.2, 0.25) is 0 Å². The zero-order chi connectivity index (χ0) is 17.5. The molecule has 0 radical (unpaired) electrons. The van der Waals surface area contributed by atoms with Crippen molar-refractivity contribution in [3.05, 3.63) is 34.4 Å². The lowest BCUT2D eigenvalue weighted by Crippen LogP contribution is -2.33. The van der Waals surface area contributed by atoms with Gasteiger partial charge in [0, 0.05) is 19.5 Å². The molecule has 1 heterocycles. The van der Waals surface area contributed by atoms with Gasteiger partial charge in [0.05, 0.1) is 13.2 Å². The van der Waals surface area contributed by atoms with Crippen LogP contribution in [0.5, 0.6) is 0 Å². The molecule has 0 atom stereocenters. The molecule has 5 heteroatoms. The number of amides is 1. The lowest BCUT2D eigenvalue weighted by molar-refractivity contribution is -0.143. The van der Waals surface area contributed by atoms with E-state index in [-0.39, 0.29) is 12.1 Å². The summed E-state index contributed by atoms with van der Waals surface area (Å²) in [6.07, 6.45) is 2.53. The zero-order valence-electron chi connectivity index (χ0n) is 14.9. The molecule has 0 aliphatic carbocycles. The molecule has 0 N–H and O–H groups in total. The van der Waals surface area contributed by atoms with Crippen LogP contribution in [0.1, 0.15) is 42.5 Å². The Hall–Kier alpha value is -2.04. The highest BCUT2D eigenvalue weighted by atomic mass is 16.6. The highest BCUT2D eigenvalue weighted by Crippen LogP contribution is 2.22. The minimum absolute atomic E-state index is 0.152. The molecular weight excluding hydrogens is 306 g/mol. The summed E-state index contributed by atoms with van der Waals surface area (Å²) in [4.78, 5) is 25.3. The molecule has 0 saturated carbocycles. The highest BCUT2D eigenvalue weighted by molar-refractivity contribution is 5.70. The number of hydrogen-bond donors (Lipinski definition) is 0. The van der Waals surface area contributed by atoms with Gasteiger partial charge in [-0.15, -0.1) is 0 Å². The van der Waals surface area contributed by atoms with Crippen molar-refractivity contribution in [1.82, 2.24) is 4.90 Å². The molecule has 0 aromatic heterocycles. The topological polar surface area (TPSA) is 55.8 Å². The van der Waals surface area contributed by atoms with Crippen molar-refractivity contribution in [2.45, 2.75) is 46.5 Å². The summed E-state index contributed by atoms with van der Waals surface area (Å²) in [6, 6.07) is 4.39. The van der Waals surface area contributed by atoms with E-state index in [9.17, 15) is 9.59 Å². The Balaban J connectivity index is 2.06. The minimum atomic E-state index is -0.232. The van der Waals surface area contributed by atoms with Crippen LogP contribution in [0.2, 0.25) is 0 Å². The standard InChI is InChI=1S/C19H27NO4/c1-4-23-18(21)7-6-15-13-17-9-11-20(19(22)24-5-2)10-8-16(17)12-14(15)3/h12-13H,4-11H2,1-3H3. The molecular formula is C19H27NO4. The molecule has 0 fully saturated rings. The molecule has 1 aliphatic rings. The third-order valence-electron chi connectivity index (χ3n) is 4.39. The van der Waals surface area contributed by atoms with E-state index < -0.39 is 0 Å². The van der Waals surface area contributed by atoms with Gasteiger partial charge in [-0.3, -0.25) is 4.79 Å². The number of hydrogen-bond acceptors (Lipinski definition) is 4. The van der Waals surface area contributed by atoms with Crippen molar-refractivity contribution in [1.29, 1.82) is 0 Å². The average molecular weight is 333 g/mol. The number of carbonyl (C=O) groups excluding carboxylic acids is 2. The summed E-state index contributed by atoms with van der Waals surface area (Å²) < 4.78 is 10.1. The molecule has 2 rings (SSSR count). The zero-order valence-corrected chi connectivity index (χ0v) is 14.9. The number of nitrogens with zero attached hydrogens (tertiary/aromatic N) is 1. The monoisotopic (exact) mass is 333 g/mol. The van der Waals surface area contributed by atoms with Crippen LogP contribution in [-0.4, -0.2) is 43.3 Å². The Morgan fingerprint density at radius 1 is 1.04 bits per heavy atom. The van der Waals surface area contributed by atoms with Gasteiger partial charge >= 0.3 is 12.1 Å². The van der Waals surface area contributed by atoms with Crippen molar-refractivity contribution in [3.63, 3.8) is 0 Å². The maximum absolute atomic E-state index is 11.9. The van der Waals surface area contributed by atoms with Crippen LogP contribution in [0, 0.1) is 6.92 Å². The van der Waals surface area contributed by atoms with E-state index in [1.807, 2.05) is 13.8 Å². The maximum atomic E-state index is 11.9. The van der Waals surface area contributed by atoms with E-state index in [0.29, 0.717) is 39.1 Å². The predicted molar refractivity (Wildman–Crippen MR) is 92.1 cm³/mol. The number of rotatable bonds is 5. The molecule has 1 aliphatic heterocycles. The van der Waals surface area contributed by atoms with Crippen molar-refractivity contribution in [2.24, 2.45) is 0 Å². The number of aryl methyl sites for hydroxylation is 2. The van der Waals surface area contributed by atoms with Crippen LogP contribution >= 0.6 is 0 Å². The third-order valence-corrected chi connectivity index (χ3v) is 4.39. The van der Waals surface area contributed by atoms with Gasteiger partial charge in [0.15, 0.2) is 0 Å². The average Bonchev–Trinajstić information content (AvgIpc) is 2.75. The Morgan fingerprint density at radius 2 is 1.67 bits per heavy atom. The molecule has 0 bridgehead atoms. The fourth-order valence-electron chi connectivity index (χ4n) is 3.09. The van der Waals surface area contributed by atoms with E-state index in [0.717, 1.165) is 12.8 Å². The van der Waals surface area contributed by atoms with E-state index in [4.69, 9.17) is 9.47 Å². The summed E-state index contributed by atoms with van der Waals surface area (Å²) in [5, 5.41) is 0. The minimum Gasteiger partial charge on any atom is -0.466 e. The summed E-state index contributed by atoms with van der Waals surface area (Å²) >= 11 is 0. The number of ether oxygens (including phenoxy) is 2. The Kier molecular flexibility index (Phi) is 6.64.